The summed E-state index contributed by atoms with van der Waals surface area (Å²) in [6.07, 6.45) is -3.91. The summed E-state index contributed by atoms with van der Waals surface area (Å²) in [5.41, 5.74) is 3.29. The minimum absolute atomic E-state index is 0.0757. The van der Waals surface area contributed by atoms with Crippen molar-refractivity contribution in [3.05, 3.63) is 106 Å². The number of sulfone groups is 1. The van der Waals surface area contributed by atoms with Crippen molar-refractivity contribution in [1.82, 2.24) is 20.1 Å². The maximum atomic E-state index is 14.2. The summed E-state index contributed by atoms with van der Waals surface area (Å²) >= 11 is 0. The number of aromatic nitrogens is 3. The molecular weight excluding hydrogens is 616 g/mol. The summed E-state index contributed by atoms with van der Waals surface area (Å²) in [6.45, 7) is -0.827. The van der Waals surface area contributed by atoms with E-state index in [9.17, 15) is 44.3 Å². The molecule has 3 N–H and O–H groups in total. The van der Waals surface area contributed by atoms with Gasteiger partial charge in [-0.25, -0.2) is 21.6 Å². The van der Waals surface area contributed by atoms with Gasteiger partial charge in [-0.1, -0.05) is 12.1 Å². The van der Waals surface area contributed by atoms with Crippen LogP contribution in [0, 0.1) is 17.5 Å². The summed E-state index contributed by atoms with van der Waals surface area (Å²) < 4.78 is 108. The van der Waals surface area contributed by atoms with Crippen LogP contribution < -0.4 is 11.1 Å². The van der Waals surface area contributed by atoms with E-state index in [0.29, 0.717) is 10.7 Å². The Morgan fingerprint density at radius 1 is 1.02 bits per heavy atom. The second-order valence-corrected chi connectivity index (χ2v) is 12.1. The Bertz CT molecular complexity index is 1890. The van der Waals surface area contributed by atoms with Gasteiger partial charge in [-0.2, -0.15) is 18.3 Å². The van der Waals surface area contributed by atoms with Gasteiger partial charge in [0, 0.05) is 23.4 Å². The molecule has 9 nitrogen and oxygen atoms in total. The average Bonchev–Trinajstić information content (AvgIpc) is 3.40. The van der Waals surface area contributed by atoms with E-state index >= 15 is 0 Å². The molecule has 0 saturated heterocycles. The molecule has 2 amide bonds. The summed E-state index contributed by atoms with van der Waals surface area (Å²) in [7, 11) is -3.90. The molecule has 1 aliphatic heterocycles. The molecule has 2 aromatic heterocycles. The van der Waals surface area contributed by atoms with Crippen LogP contribution in [0.5, 0.6) is 0 Å². The first-order valence-corrected chi connectivity index (χ1v) is 14.6. The second kappa shape index (κ2) is 11.4. The molecule has 0 spiro atoms. The molecule has 44 heavy (non-hydrogen) atoms. The van der Waals surface area contributed by atoms with Crippen molar-refractivity contribution in [3.63, 3.8) is 0 Å². The lowest BCUT2D eigenvalue weighted by Crippen LogP contribution is -2.34. The van der Waals surface area contributed by atoms with Gasteiger partial charge < -0.3 is 11.1 Å². The molecule has 5 rings (SSSR count). The van der Waals surface area contributed by atoms with Crippen LogP contribution in [0.2, 0.25) is 0 Å². The van der Waals surface area contributed by atoms with E-state index in [-0.39, 0.29) is 34.5 Å². The van der Waals surface area contributed by atoms with Gasteiger partial charge in [0.1, 0.15) is 24.0 Å². The third-order valence-electron chi connectivity index (χ3n) is 6.86. The van der Waals surface area contributed by atoms with Gasteiger partial charge in [0.25, 0.3) is 5.91 Å². The van der Waals surface area contributed by atoms with Gasteiger partial charge >= 0.3 is 6.18 Å². The number of alkyl halides is 3. The van der Waals surface area contributed by atoms with E-state index in [1.54, 1.807) is 0 Å². The van der Waals surface area contributed by atoms with Crippen LogP contribution in [-0.4, -0.2) is 35.0 Å². The highest BCUT2D eigenvalue weighted by Crippen LogP contribution is 2.38. The first-order valence-electron chi connectivity index (χ1n) is 12.8. The van der Waals surface area contributed by atoms with Crippen LogP contribution in [0.15, 0.2) is 54.7 Å². The first kappa shape index (κ1) is 30.7. The maximum Gasteiger partial charge on any atom is 0.435 e. The van der Waals surface area contributed by atoms with Crippen molar-refractivity contribution in [2.24, 2.45) is 5.73 Å². The zero-order valence-electron chi connectivity index (χ0n) is 22.3. The third kappa shape index (κ3) is 6.44. The lowest BCUT2D eigenvalue weighted by Gasteiger charge is -2.22. The number of nitrogens with one attached hydrogen (secondary N) is 1. The standard InChI is InChI=1S/C28H21F6N5O4S/c29-16-6-14(7-17(30)10-16)8-22(25-18(2-1-5-36-25)15-3-4-21(31)19(9-15)27(35)41)37-24(40)11-39-23-13-44(42,43)12-20(23)26(38-39)28(32,33)34/h1-7,9-10,22H,8,11-13H2,(H2,35,41)(H,37,40)/t22-/m0/s1. The SMILES string of the molecule is NC(=O)c1cc(-c2cccnc2[C@H](Cc2cc(F)cc(F)c2)NC(=O)Cn2nc(C(F)(F)F)c3c2CS(=O)(=O)C3)ccc1F. The number of amides is 2. The van der Waals surface area contributed by atoms with Crippen molar-refractivity contribution in [2.75, 3.05) is 0 Å². The van der Waals surface area contributed by atoms with Crippen molar-refractivity contribution in [2.45, 2.75) is 36.7 Å². The minimum atomic E-state index is -4.97. The highest BCUT2D eigenvalue weighted by molar-refractivity contribution is 7.90. The number of halogens is 6. The van der Waals surface area contributed by atoms with Crippen LogP contribution in [0.3, 0.4) is 0 Å². The van der Waals surface area contributed by atoms with Gasteiger partial charge in [-0.3, -0.25) is 19.3 Å². The molecule has 1 aliphatic rings. The number of carbonyl (C=O) groups is 2. The molecule has 0 bridgehead atoms. The molecule has 0 saturated carbocycles. The normalized spacial score (nSPS) is 14.7. The second-order valence-electron chi connectivity index (χ2n) is 10.1. The maximum absolute atomic E-state index is 14.2. The van der Waals surface area contributed by atoms with Gasteiger partial charge in [-0.05, 0) is 47.9 Å². The topological polar surface area (TPSA) is 137 Å². The molecular formula is C28H21F6N5O4S. The van der Waals surface area contributed by atoms with Crippen LogP contribution in [0.4, 0.5) is 26.3 Å². The fourth-order valence-electron chi connectivity index (χ4n) is 5.06. The van der Waals surface area contributed by atoms with Crippen LogP contribution in [-0.2, 0) is 45.3 Å². The summed E-state index contributed by atoms with van der Waals surface area (Å²) in [6, 6.07) is 7.95. The number of rotatable bonds is 8. The molecule has 4 aromatic rings. The Morgan fingerprint density at radius 2 is 1.73 bits per heavy atom. The van der Waals surface area contributed by atoms with E-state index in [2.05, 4.69) is 15.4 Å². The molecule has 3 heterocycles. The molecule has 0 aliphatic carbocycles. The van der Waals surface area contributed by atoms with Gasteiger partial charge in [0.2, 0.25) is 5.91 Å². The zero-order chi connectivity index (χ0) is 32.0. The highest BCUT2D eigenvalue weighted by Gasteiger charge is 2.44. The zero-order valence-corrected chi connectivity index (χ0v) is 23.1. The summed E-state index contributed by atoms with van der Waals surface area (Å²) in [5, 5.41) is 6.05. The number of pyridine rings is 1. The number of hydrogen-bond acceptors (Lipinski definition) is 6. The van der Waals surface area contributed by atoms with Crippen molar-refractivity contribution in [1.29, 1.82) is 0 Å². The number of hydrogen-bond donors (Lipinski definition) is 2. The third-order valence-corrected chi connectivity index (χ3v) is 8.30. The Morgan fingerprint density at radius 3 is 2.39 bits per heavy atom. The van der Waals surface area contributed by atoms with E-state index in [1.165, 1.54) is 24.4 Å². The fourth-order valence-corrected chi connectivity index (χ4v) is 6.65. The molecule has 1 atom stereocenters. The molecule has 16 heteroatoms. The number of nitrogens with zero attached hydrogens (tertiary/aromatic N) is 3. The van der Waals surface area contributed by atoms with Crippen LogP contribution >= 0.6 is 0 Å². The highest BCUT2D eigenvalue weighted by atomic mass is 32.2. The molecule has 0 radical (unpaired) electrons. The Balaban J connectivity index is 1.54. The monoisotopic (exact) mass is 637 g/mol. The lowest BCUT2D eigenvalue weighted by atomic mass is 9.94. The largest absolute Gasteiger partial charge is 0.435 e. The van der Waals surface area contributed by atoms with Crippen molar-refractivity contribution < 1.29 is 44.3 Å². The molecule has 230 valence electrons. The number of benzene rings is 2. The van der Waals surface area contributed by atoms with Crippen LogP contribution in [0.25, 0.3) is 11.1 Å². The lowest BCUT2D eigenvalue weighted by molar-refractivity contribution is -0.142. The Labute approximate surface area is 245 Å². The number of nitrogens with two attached hydrogens (primary N) is 1. The van der Waals surface area contributed by atoms with Crippen molar-refractivity contribution in [3.8, 4) is 11.1 Å². The molecule has 2 aromatic carbocycles. The van der Waals surface area contributed by atoms with Gasteiger partial charge in [0.15, 0.2) is 15.5 Å². The summed E-state index contributed by atoms with van der Waals surface area (Å²) in [4.78, 5) is 29.3. The smallest absolute Gasteiger partial charge is 0.366 e. The predicted molar refractivity (Wildman–Crippen MR) is 143 cm³/mol. The van der Waals surface area contributed by atoms with Crippen LogP contribution in [0.1, 0.15) is 44.6 Å². The first-order chi connectivity index (χ1) is 20.6. The van der Waals surface area contributed by atoms with E-state index < -0.39 is 86.2 Å². The molecule has 0 fully saturated rings. The van der Waals surface area contributed by atoms with E-state index in [4.69, 9.17) is 5.73 Å². The summed E-state index contributed by atoms with van der Waals surface area (Å²) in [5.74, 6) is -6.33. The average molecular weight is 638 g/mol. The van der Waals surface area contributed by atoms with E-state index in [0.717, 1.165) is 24.3 Å². The van der Waals surface area contributed by atoms with E-state index in [1.807, 2.05) is 0 Å². The Hall–Kier alpha value is -4.73. The van der Waals surface area contributed by atoms with Crippen molar-refractivity contribution >= 4 is 21.7 Å². The predicted octanol–water partition coefficient (Wildman–Crippen LogP) is 4.01. The quantitative estimate of drug-likeness (QED) is 0.280. The molecule has 0 unspecified atom stereocenters. The fraction of sp³-hybridized carbons (Fsp3) is 0.214. The number of fused-ring (bicyclic) bond motifs is 1. The Kier molecular flexibility index (Phi) is 7.96. The minimum Gasteiger partial charge on any atom is -0.366 e. The number of primary amides is 1. The van der Waals surface area contributed by atoms with Gasteiger partial charge in [0.05, 0.1) is 34.5 Å². The number of carbonyl (C=O) groups excluding carboxylic acids is 2. The van der Waals surface area contributed by atoms with Gasteiger partial charge in [-0.15, -0.1) is 0 Å².